The number of nitrogens with one attached hydrogen (secondary N) is 2. The van der Waals surface area contributed by atoms with E-state index in [1.165, 1.54) is 6.33 Å². The highest BCUT2D eigenvalue weighted by Crippen LogP contribution is 2.48. The van der Waals surface area contributed by atoms with Crippen LogP contribution in [0.4, 0.5) is 0 Å². The fourth-order valence-electron chi connectivity index (χ4n) is 5.35. The standard InChI is InChI=1S/C29H27Cl3N4O2S/c1-2-17-14-21(26(37)20-9-5-6-10-22(20)30)27(39-17)19-8-4-3-7-18(19)25(28-33-15-34-36-28)35-29(38)16-11-12-23(31)24(32)13-16/h5-6,9-15,18-19,25H,2-4,7-8H2,1H3,(H,35,38)(H,33,34,36). The maximum atomic E-state index is 13.8. The second-order valence-electron chi connectivity index (χ2n) is 9.65. The Labute approximate surface area is 246 Å². The number of hydrogen-bond donors (Lipinski definition) is 2. The normalized spacial score (nSPS) is 18.1. The number of ketones is 1. The van der Waals surface area contributed by atoms with Crippen molar-refractivity contribution < 1.29 is 9.59 Å². The van der Waals surface area contributed by atoms with Crippen LogP contribution in [0.3, 0.4) is 0 Å². The van der Waals surface area contributed by atoms with Gasteiger partial charge in [-0.15, -0.1) is 11.3 Å². The van der Waals surface area contributed by atoms with Crippen molar-refractivity contribution in [1.82, 2.24) is 20.5 Å². The third-order valence-corrected chi connectivity index (χ3v) is 9.77. The third-order valence-electron chi connectivity index (χ3n) is 7.29. The molecule has 2 aromatic heterocycles. The van der Waals surface area contributed by atoms with Gasteiger partial charge in [-0.25, -0.2) is 4.98 Å². The first kappa shape index (κ1) is 27.8. The maximum absolute atomic E-state index is 13.8. The number of benzene rings is 2. The van der Waals surface area contributed by atoms with Crippen LogP contribution in [-0.4, -0.2) is 26.9 Å². The Morgan fingerprint density at radius 1 is 1.03 bits per heavy atom. The number of thiophene rings is 1. The minimum atomic E-state index is -0.473. The molecule has 1 fully saturated rings. The van der Waals surface area contributed by atoms with Gasteiger partial charge in [0.15, 0.2) is 11.6 Å². The molecule has 2 aromatic carbocycles. The average molecular weight is 602 g/mol. The summed E-state index contributed by atoms with van der Waals surface area (Å²) in [6, 6.07) is 13.5. The lowest BCUT2D eigenvalue weighted by molar-refractivity contribution is 0.0900. The molecule has 1 amide bonds. The summed E-state index contributed by atoms with van der Waals surface area (Å²) >= 11 is 20.4. The van der Waals surface area contributed by atoms with Crippen molar-refractivity contribution in [3.63, 3.8) is 0 Å². The predicted octanol–water partition coefficient (Wildman–Crippen LogP) is 8.06. The molecule has 10 heteroatoms. The van der Waals surface area contributed by atoms with Crippen LogP contribution in [0.5, 0.6) is 0 Å². The van der Waals surface area contributed by atoms with Gasteiger partial charge >= 0.3 is 0 Å². The molecule has 1 aliphatic rings. The van der Waals surface area contributed by atoms with Gasteiger partial charge in [-0.2, -0.15) is 5.10 Å². The number of rotatable bonds is 8. The van der Waals surface area contributed by atoms with Crippen molar-refractivity contribution in [1.29, 1.82) is 0 Å². The van der Waals surface area contributed by atoms with Crippen molar-refractivity contribution in [2.75, 3.05) is 0 Å². The Bertz CT molecular complexity index is 1490. The monoisotopic (exact) mass is 600 g/mol. The van der Waals surface area contributed by atoms with Crippen molar-refractivity contribution in [3.05, 3.63) is 102 Å². The molecule has 1 aliphatic carbocycles. The molecule has 2 heterocycles. The quantitative estimate of drug-likeness (QED) is 0.200. The molecular formula is C29H27Cl3N4O2S. The number of hydrogen-bond acceptors (Lipinski definition) is 5. The first-order valence-electron chi connectivity index (χ1n) is 12.9. The Hall–Kier alpha value is -2.71. The predicted molar refractivity (Wildman–Crippen MR) is 156 cm³/mol. The molecule has 6 nitrogen and oxygen atoms in total. The summed E-state index contributed by atoms with van der Waals surface area (Å²) in [4.78, 5) is 33.8. The number of halogens is 3. The molecule has 3 atom stereocenters. The lowest BCUT2D eigenvalue weighted by Gasteiger charge is -2.36. The summed E-state index contributed by atoms with van der Waals surface area (Å²) in [5.41, 5.74) is 1.58. The molecule has 39 heavy (non-hydrogen) atoms. The Morgan fingerprint density at radius 2 is 1.82 bits per heavy atom. The Kier molecular flexibility index (Phi) is 8.72. The van der Waals surface area contributed by atoms with E-state index in [9.17, 15) is 9.59 Å². The van der Waals surface area contributed by atoms with Crippen LogP contribution in [0, 0.1) is 5.92 Å². The van der Waals surface area contributed by atoms with Crippen LogP contribution in [0.1, 0.15) is 86.4 Å². The zero-order chi connectivity index (χ0) is 27.5. The minimum Gasteiger partial charge on any atom is -0.342 e. The summed E-state index contributed by atoms with van der Waals surface area (Å²) in [7, 11) is 0. The number of carbonyl (C=O) groups excluding carboxylic acids is 2. The van der Waals surface area contributed by atoms with E-state index < -0.39 is 6.04 Å². The third kappa shape index (κ3) is 5.92. The van der Waals surface area contributed by atoms with E-state index >= 15 is 0 Å². The van der Waals surface area contributed by atoms with E-state index in [0.29, 0.717) is 37.6 Å². The Morgan fingerprint density at radius 3 is 2.54 bits per heavy atom. The van der Waals surface area contributed by atoms with Gasteiger partial charge in [-0.05, 0) is 67.5 Å². The van der Waals surface area contributed by atoms with Crippen LogP contribution in [0.15, 0.2) is 54.9 Å². The largest absolute Gasteiger partial charge is 0.342 e. The van der Waals surface area contributed by atoms with Crippen molar-refractivity contribution in [2.45, 2.75) is 51.0 Å². The van der Waals surface area contributed by atoms with Crippen LogP contribution in [-0.2, 0) is 6.42 Å². The van der Waals surface area contributed by atoms with Crippen molar-refractivity contribution in [3.8, 4) is 0 Å². The highest BCUT2D eigenvalue weighted by atomic mass is 35.5. The lowest BCUT2D eigenvalue weighted by atomic mass is 9.73. The Balaban J connectivity index is 1.53. The van der Waals surface area contributed by atoms with Gasteiger partial charge in [0.25, 0.3) is 5.91 Å². The van der Waals surface area contributed by atoms with E-state index in [1.54, 1.807) is 41.7 Å². The molecule has 5 rings (SSSR count). The van der Waals surface area contributed by atoms with E-state index in [-0.39, 0.29) is 23.5 Å². The summed E-state index contributed by atoms with van der Waals surface area (Å²) in [6.07, 6.45) is 6.11. The summed E-state index contributed by atoms with van der Waals surface area (Å²) in [5.74, 6) is 0.141. The first-order valence-corrected chi connectivity index (χ1v) is 14.9. The van der Waals surface area contributed by atoms with Crippen LogP contribution >= 0.6 is 46.1 Å². The van der Waals surface area contributed by atoms with Crippen molar-refractivity contribution in [2.24, 2.45) is 5.92 Å². The molecule has 4 aromatic rings. The molecule has 0 saturated heterocycles. The second kappa shape index (κ2) is 12.2. The van der Waals surface area contributed by atoms with Gasteiger partial charge in [0.1, 0.15) is 6.33 Å². The van der Waals surface area contributed by atoms with Gasteiger partial charge in [0, 0.05) is 26.4 Å². The average Bonchev–Trinajstić information content (AvgIpc) is 3.64. The van der Waals surface area contributed by atoms with Crippen LogP contribution in [0.25, 0.3) is 0 Å². The van der Waals surface area contributed by atoms with Crippen LogP contribution < -0.4 is 5.32 Å². The minimum absolute atomic E-state index is 0.0255. The van der Waals surface area contributed by atoms with E-state index in [0.717, 1.165) is 41.9 Å². The fraction of sp³-hybridized carbons (Fsp3) is 0.310. The van der Waals surface area contributed by atoms with Crippen LogP contribution in [0.2, 0.25) is 15.1 Å². The number of amides is 1. The van der Waals surface area contributed by atoms with Gasteiger partial charge in [0.2, 0.25) is 0 Å². The van der Waals surface area contributed by atoms with E-state index in [1.807, 2.05) is 18.2 Å². The summed E-state index contributed by atoms with van der Waals surface area (Å²) < 4.78 is 0. The molecule has 0 aliphatic heterocycles. The van der Waals surface area contributed by atoms with E-state index in [2.05, 4.69) is 27.4 Å². The van der Waals surface area contributed by atoms with Crippen molar-refractivity contribution >= 4 is 57.8 Å². The molecule has 0 radical (unpaired) electrons. The smallest absolute Gasteiger partial charge is 0.251 e. The topological polar surface area (TPSA) is 87.7 Å². The maximum Gasteiger partial charge on any atom is 0.251 e. The zero-order valence-electron chi connectivity index (χ0n) is 21.2. The number of nitrogens with zero attached hydrogens (tertiary/aromatic N) is 2. The molecule has 1 saturated carbocycles. The fourth-order valence-corrected chi connectivity index (χ4v) is 7.18. The number of aryl methyl sites for hydroxylation is 1. The van der Waals surface area contributed by atoms with Gasteiger partial charge in [0.05, 0.1) is 21.1 Å². The molecule has 2 N–H and O–H groups in total. The second-order valence-corrected chi connectivity index (χ2v) is 12.0. The van der Waals surface area contributed by atoms with E-state index in [4.69, 9.17) is 34.8 Å². The number of aromatic nitrogens is 3. The molecule has 0 spiro atoms. The number of carbonyl (C=O) groups is 2. The highest BCUT2D eigenvalue weighted by molar-refractivity contribution is 7.12. The zero-order valence-corrected chi connectivity index (χ0v) is 24.3. The molecule has 0 bridgehead atoms. The number of H-pyrrole nitrogens is 1. The van der Waals surface area contributed by atoms with Gasteiger partial charge in [-0.1, -0.05) is 66.7 Å². The molecule has 202 valence electrons. The highest BCUT2D eigenvalue weighted by Gasteiger charge is 2.39. The summed E-state index contributed by atoms with van der Waals surface area (Å²) in [6.45, 7) is 2.09. The lowest BCUT2D eigenvalue weighted by Crippen LogP contribution is -2.38. The molecular weight excluding hydrogens is 575 g/mol. The SMILES string of the molecule is CCc1cc(C(=O)c2ccccc2Cl)c(C2CCCCC2C(NC(=O)c2ccc(Cl)c(Cl)c2)c2nc[nH]n2)s1. The number of aromatic amines is 1. The summed E-state index contributed by atoms with van der Waals surface area (Å²) in [5, 5.41) is 11.4. The van der Waals surface area contributed by atoms with Gasteiger partial charge in [-0.3, -0.25) is 14.7 Å². The van der Waals surface area contributed by atoms with Gasteiger partial charge < -0.3 is 5.32 Å². The molecule has 3 unspecified atom stereocenters. The first-order chi connectivity index (χ1) is 18.9.